The van der Waals surface area contributed by atoms with Gasteiger partial charge >= 0.3 is 0 Å². The van der Waals surface area contributed by atoms with Gasteiger partial charge in [-0.25, -0.2) is 0 Å². The van der Waals surface area contributed by atoms with Crippen molar-refractivity contribution < 1.29 is 14.1 Å². The first-order chi connectivity index (χ1) is 11.0. The third kappa shape index (κ3) is 3.20. The maximum Gasteiger partial charge on any atom is 0.265 e. The van der Waals surface area contributed by atoms with Crippen LogP contribution in [0.2, 0.25) is 0 Å². The SMILES string of the molecule is CC1N(C(=O)CCc2nc(N(C)C)no2)CCC12CCOCC2. The minimum atomic E-state index is 0.186. The Morgan fingerprint density at radius 2 is 2.09 bits per heavy atom. The summed E-state index contributed by atoms with van der Waals surface area (Å²) in [5, 5.41) is 3.88. The maximum atomic E-state index is 12.6. The molecule has 0 aromatic carbocycles. The second-order valence-electron chi connectivity index (χ2n) is 6.87. The van der Waals surface area contributed by atoms with Crippen LogP contribution in [0.1, 0.15) is 38.5 Å². The molecular weight excluding hydrogens is 296 g/mol. The second kappa shape index (κ2) is 6.47. The van der Waals surface area contributed by atoms with Crippen LogP contribution in [0, 0.1) is 5.41 Å². The molecule has 1 aromatic rings. The van der Waals surface area contributed by atoms with Gasteiger partial charge in [0.15, 0.2) is 0 Å². The van der Waals surface area contributed by atoms with Crippen LogP contribution in [-0.2, 0) is 16.0 Å². The predicted molar refractivity (Wildman–Crippen MR) is 85.2 cm³/mol. The van der Waals surface area contributed by atoms with E-state index in [0.717, 1.165) is 39.0 Å². The van der Waals surface area contributed by atoms with E-state index < -0.39 is 0 Å². The number of amides is 1. The Kier molecular flexibility index (Phi) is 4.57. The first kappa shape index (κ1) is 16.2. The van der Waals surface area contributed by atoms with Gasteiger partial charge in [-0.3, -0.25) is 4.79 Å². The number of hydrogen-bond donors (Lipinski definition) is 0. The van der Waals surface area contributed by atoms with Crippen LogP contribution in [-0.4, -0.2) is 60.8 Å². The minimum absolute atomic E-state index is 0.186. The molecule has 3 rings (SSSR count). The zero-order chi connectivity index (χ0) is 16.4. The highest BCUT2D eigenvalue weighted by molar-refractivity contribution is 5.77. The zero-order valence-corrected chi connectivity index (χ0v) is 14.2. The second-order valence-corrected chi connectivity index (χ2v) is 6.87. The molecule has 1 aromatic heterocycles. The van der Waals surface area contributed by atoms with Crippen molar-refractivity contribution in [3.8, 4) is 0 Å². The fraction of sp³-hybridized carbons (Fsp3) is 0.812. The highest BCUT2D eigenvalue weighted by Crippen LogP contribution is 2.44. The van der Waals surface area contributed by atoms with Crippen molar-refractivity contribution in [3.63, 3.8) is 0 Å². The highest BCUT2D eigenvalue weighted by Gasteiger charge is 2.46. The van der Waals surface area contributed by atoms with Gasteiger partial charge in [-0.05, 0) is 36.8 Å². The van der Waals surface area contributed by atoms with Crippen LogP contribution in [0.25, 0.3) is 0 Å². The lowest BCUT2D eigenvalue weighted by molar-refractivity contribution is -0.133. The Labute approximate surface area is 137 Å². The smallest absolute Gasteiger partial charge is 0.265 e. The van der Waals surface area contributed by atoms with Gasteiger partial charge in [0.1, 0.15) is 0 Å². The van der Waals surface area contributed by atoms with Crippen LogP contribution in [0.5, 0.6) is 0 Å². The molecule has 3 heterocycles. The van der Waals surface area contributed by atoms with E-state index in [1.165, 1.54) is 0 Å². The van der Waals surface area contributed by atoms with E-state index in [1.54, 1.807) is 4.90 Å². The third-order valence-corrected chi connectivity index (χ3v) is 5.42. The number of aromatic nitrogens is 2. The number of aryl methyl sites for hydroxylation is 1. The van der Waals surface area contributed by atoms with Crippen molar-refractivity contribution in [1.82, 2.24) is 15.0 Å². The van der Waals surface area contributed by atoms with Gasteiger partial charge in [-0.2, -0.15) is 4.98 Å². The van der Waals surface area contributed by atoms with E-state index in [-0.39, 0.29) is 11.3 Å². The van der Waals surface area contributed by atoms with Crippen LogP contribution in [0.4, 0.5) is 5.95 Å². The molecule has 1 spiro atoms. The Hall–Kier alpha value is -1.63. The van der Waals surface area contributed by atoms with Crippen LogP contribution < -0.4 is 4.90 Å². The molecule has 0 saturated carbocycles. The van der Waals surface area contributed by atoms with Crippen molar-refractivity contribution in [3.05, 3.63) is 5.89 Å². The number of carbonyl (C=O) groups excluding carboxylic acids is 1. The summed E-state index contributed by atoms with van der Waals surface area (Å²) in [4.78, 5) is 20.7. The fourth-order valence-electron chi connectivity index (χ4n) is 3.75. The van der Waals surface area contributed by atoms with Crippen LogP contribution in [0.15, 0.2) is 4.52 Å². The van der Waals surface area contributed by atoms with Crippen molar-refractivity contribution in [2.45, 2.75) is 45.1 Å². The predicted octanol–water partition coefficient (Wildman–Crippen LogP) is 1.49. The highest BCUT2D eigenvalue weighted by atomic mass is 16.5. The van der Waals surface area contributed by atoms with E-state index in [2.05, 4.69) is 17.1 Å². The van der Waals surface area contributed by atoms with Gasteiger partial charge in [-0.1, -0.05) is 0 Å². The van der Waals surface area contributed by atoms with Gasteiger partial charge in [0, 0.05) is 52.7 Å². The number of nitrogens with zero attached hydrogens (tertiary/aromatic N) is 4. The van der Waals surface area contributed by atoms with Gasteiger partial charge in [0.05, 0.1) is 0 Å². The summed E-state index contributed by atoms with van der Waals surface area (Å²) in [5.74, 6) is 1.25. The molecule has 7 nitrogen and oxygen atoms in total. The first-order valence-corrected chi connectivity index (χ1v) is 8.39. The molecule has 2 saturated heterocycles. The number of likely N-dealkylation sites (tertiary alicyclic amines) is 1. The molecule has 2 aliphatic rings. The zero-order valence-electron chi connectivity index (χ0n) is 14.2. The van der Waals surface area contributed by atoms with Crippen molar-refractivity contribution in [1.29, 1.82) is 0 Å². The van der Waals surface area contributed by atoms with Crippen molar-refractivity contribution in [2.75, 3.05) is 38.8 Å². The molecule has 7 heteroatoms. The molecule has 0 bridgehead atoms. The Balaban J connectivity index is 1.56. The standard InChI is InChI=1S/C16H26N4O3/c1-12-16(7-10-22-11-8-16)6-9-20(12)14(21)5-4-13-17-15(18-23-13)19(2)3/h12H,4-11H2,1-3H3. The van der Waals surface area contributed by atoms with Gasteiger partial charge in [-0.15, -0.1) is 0 Å². The summed E-state index contributed by atoms with van der Waals surface area (Å²) < 4.78 is 10.7. The summed E-state index contributed by atoms with van der Waals surface area (Å²) in [6, 6.07) is 0.291. The average Bonchev–Trinajstić information content (AvgIpc) is 3.13. The summed E-state index contributed by atoms with van der Waals surface area (Å²) in [5.41, 5.74) is 0.260. The van der Waals surface area contributed by atoms with Crippen molar-refractivity contribution >= 4 is 11.9 Å². The number of ether oxygens (including phenoxy) is 1. The largest absolute Gasteiger partial charge is 0.381 e. The third-order valence-electron chi connectivity index (χ3n) is 5.42. The van der Waals surface area contributed by atoms with E-state index >= 15 is 0 Å². The van der Waals surface area contributed by atoms with Gasteiger partial charge in [0.25, 0.3) is 5.95 Å². The molecule has 1 amide bonds. The Bertz CT molecular complexity index is 551. The minimum Gasteiger partial charge on any atom is -0.381 e. The molecular formula is C16H26N4O3. The van der Waals surface area contributed by atoms with E-state index in [4.69, 9.17) is 9.26 Å². The summed E-state index contributed by atoms with van der Waals surface area (Å²) in [6.07, 6.45) is 4.14. The number of carbonyl (C=O) groups is 1. The molecule has 128 valence electrons. The lowest BCUT2D eigenvalue weighted by Crippen LogP contribution is -2.43. The van der Waals surface area contributed by atoms with Crippen LogP contribution >= 0.6 is 0 Å². The van der Waals surface area contributed by atoms with Gasteiger partial charge in [0.2, 0.25) is 11.8 Å². The topological polar surface area (TPSA) is 71.7 Å². The molecule has 1 unspecified atom stereocenters. The monoisotopic (exact) mass is 322 g/mol. The number of hydrogen-bond acceptors (Lipinski definition) is 6. The van der Waals surface area contributed by atoms with Crippen LogP contribution in [0.3, 0.4) is 0 Å². The van der Waals surface area contributed by atoms with E-state index in [0.29, 0.717) is 30.7 Å². The molecule has 2 fully saturated rings. The first-order valence-electron chi connectivity index (χ1n) is 8.39. The molecule has 0 aliphatic carbocycles. The number of rotatable bonds is 4. The summed E-state index contributed by atoms with van der Waals surface area (Å²) in [7, 11) is 3.72. The maximum absolute atomic E-state index is 12.6. The van der Waals surface area contributed by atoms with E-state index in [9.17, 15) is 4.79 Å². The van der Waals surface area contributed by atoms with Gasteiger partial charge < -0.3 is 19.1 Å². The Morgan fingerprint density at radius 3 is 2.74 bits per heavy atom. The lowest BCUT2D eigenvalue weighted by Gasteiger charge is -2.38. The molecule has 23 heavy (non-hydrogen) atoms. The average molecular weight is 322 g/mol. The summed E-state index contributed by atoms with van der Waals surface area (Å²) in [6.45, 7) is 4.68. The fourth-order valence-corrected chi connectivity index (χ4v) is 3.75. The quantitative estimate of drug-likeness (QED) is 0.836. The molecule has 0 N–H and O–H groups in total. The summed E-state index contributed by atoms with van der Waals surface area (Å²) >= 11 is 0. The molecule has 1 atom stereocenters. The Morgan fingerprint density at radius 1 is 1.35 bits per heavy atom. The molecule has 2 aliphatic heterocycles. The normalized spacial score (nSPS) is 23.4. The van der Waals surface area contributed by atoms with Crippen molar-refractivity contribution in [2.24, 2.45) is 5.41 Å². The van der Waals surface area contributed by atoms with E-state index in [1.807, 2.05) is 19.0 Å². The lowest BCUT2D eigenvalue weighted by atomic mass is 9.74. The number of anilines is 1. The molecule has 0 radical (unpaired) electrons.